The van der Waals surface area contributed by atoms with E-state index in [9.17, 15) is 14.9 Å². The monoisotopic (exact) mass is 460 g/mol. The molecule has 0 saturated carbocycles. The minimum Gasteiger partial charge on any atom is -0.454 e. The minimum absolute atomic E-state index is 0.0862. The Kier molecular flexibility index (Phi) is 6.58. The summed E-state index contributed by atoms with van der Waals surface area (Å²) in [5.74, 6) is 0.470. The molecule has 0 aliphatic carbocycles. The maximum Gasteiger partial charge on any atom is 0.343 e. The molecule has 0 radical (unpaired) electrons. The third-order valence-corrected chi connectivity index (χ3v) is 4.97. The summed E-state index contributed by atoms with van der Waals surface area (Å²) in [5.41, 5.74) is 1.60. The van der Waals surface area contributed by atoms with Crippen molar-refractivity contribution in [3.05, 3.63) is 94.0 Å². The molecule has 0 atom stereocenters. The Labute approximate surface area is 194 Å². The summed E-state index contributed by atoms with van der Waals surface area (Å²) in [6.45, 7) is 0.383. The lowest BCUT2D eigenvalue weighted by atomic mass is 10.1. The number of nitrogens with zero attached hydrogens (tertiary/aromatic N) is 1. The van der Waals surface area contributed by atoms with Gasteiger partial charge in [-0.05, 0) is 65.7 Å². The summed E-state index contributed by atoms with van der Waals surface area (Å²) in [5, 5.41) is 12.7. The van der Waals surface area contributed by atoms with Crippen molar-refractivity contribution < 1.29 is 23.8 Å². The van der Waals surface area contributed by atoms with Crippen LogP contribution in [0.1, 0.15) is 21.5 Å². The Morgan fingerprint density at radius 2 is 1.85 bits per heavy atom. The first-order valence-corrected chi connectivity index (χ1v) is 10.3. The fourth-order valence-corrected chi connectivity index (χ4v) is 3.19. The van der Waals surface area contributed by atoms with Crippen LogP contribution in [0.3, 0.4) is 0 Å². The van der Waals surface area contributed by atoms with Gasteiger partial charge in [-0.3, -0.25) is 4.79 Å². The van der Waals surface area contributed by atoms with E-state index in [1.54, 1.807) is 60.7 Å². The van der Waals surface area contributed by atoms with Gasteiger partial charge in [0.25, 0.3) is 5.91 Å². The molecule has 1 amide bonds. The number of ether oxygens (including phenoxy) is 3. The van der Waals surface area contributed by atoms with Crippen LogP contribution in [0.2, 0.25) is 5.02 Å². The molecule has 0 unspecified atom stereocenters. The van der Waals surface area contributed by atoms with Crippen LogP contribution in [-0.4, -0.2) is 18.7 Å². The molecule has 0 bridgehead atoms. The standard InChI is InChI=1S/C25H17ClN2O5/c26-20-7-5-18(6-8-20)25(30)33-21-3-1-2-16(11-21)10-19(13-27)24(29)28-14-17-4-9-22-23(12-17)32-15-31-22/h1-12H,14-15H2,(H,28,29)/b19-10-. The van der Waals surface area contributed by atoms with E-state index in [0.29, 0.717) is 27.6 Å². The number of esters is 1. The lowest BCUT2D eigenvalue weighted by molar-refractivity contribution is -0.117. The zero-order valence-electron chi connectivity index (χ0n) is 17.2. The fraction of sp³-hybridized carbons (Fsp3) is 0.0800. The predicted octanol–water partition coefficient (Wildman–Crippen LogP) is 4.51. The molecular weight excluding hydrogens is 444 g/mol. The first-order valence-electron chi connectivity index (χ1n) is 9.88. The maximum atomic E-state index is 12.5. The van der Waals surface area contributed by atoms with E-state index >= 15 is 0 Å². The van der Waals surface area contributed by atoms with Gasteiger partial charge in [-0.15, -0.1) is 0 Å². The first kappa shape index (κ1) is 21.9. The van der Waals surface area contributed by atoms with Gasteiger partial charge in [0.15, 0.2) is 11.5 Å². The highest BCUT2D eigenvalue weighted by atomic mass is 35.5. The molecule has 7 nitrogen and oxygen atoms in total. The number of hydrogen-bond donors (Lipinski definition) is 1. The van der Waals surface area contributed by atoms with Crippen LogP contribution in [0.5, 0.6) is 17.2 Å². The summed E-state index contributed by atoms with van der Waals surface area (Å²) in [6.07, 6.45) is 1.43. The van der Waals surface area contributed by atoms with Crippen LogP contribution in [0.15, 0.2) is 72.3 Å². The molecule has 0 spiro atoms. The lowest BCUT2D eigenvalue weighted by Crippen LogP contribution is -2.23. The third kappa shape index (κ3) is 5.50. The van der Waals surface area contributed by atoms with E-state index in [0.717, 1.165) is 5.56 Å². The molecule has 1 N–H and O–H groups in total. The van der Waals surface area contributed by atoms with Crippen molar-refractivity contribution in [2.75, 3.05) is 6.79 Å². The smallest absolute Gasteiger partial charge is 0.343 e. The molecule has 4 rings (SSSR count). The van der Waals surface area contributed by atoms with Crippen molar-refractivity contribution in [2.45, 2.75) is 6.54 Å². The van der Waals surface area contributed by atoms with Crippen molar-refractivity contribution in [3.63, 3.8) is 0 Å². The van der Waals surface area contributed by atoms with Crippen LogP contribution in [-0.2, 0) is 11.3 Å². The van der Waals surface area contributed by atoms with Crippen LogP contribution in [0.4, 0.5) is 0 Å². The topological polar surface area (TPSA) is 97.7 Å². The van der Waals surface area contributed by atoms with Gasteiger partial charge < -0.3 is 19.5 Å². The Morgan fingerprint density at radius 1 is 1.06 bits per heavy atom. The average molecular weight is 461 g/mol. The lowest BCUT2D eigenvalue weighted by Gasteiger charge is -2.07. The number of amides is 1. The molecule has 33 heavy (non-hydrogen) atoms. The zero-order chi connectivity index (χ0) is 23.2. The third-order valence-electron chi connectivity index (χ3n) is 4.71. The Morgan fingerprint density at radius 3 is 2.64 bits per heavy atom. The summed E-state index contributed by atoms with van der Waals surface area (Å²) < 4.78 is 16.0. The van der Waals surface area contributed by atoms with E-state index in [1.165, 1.54) is 6.08 Å². The molecule has 0 aromatic heterocycles. The van der Waals surface area contributed by atoms with E-state index in [4.69, 9.17) is 25.8 Å². The van der Waals surface area contributed by atoms with Gasteiger partial charge in [0.05, 0.1) is 5.56 Å². The van der Waals surface area contributed by atoms with E-state index in [1.807, 2.05) is 12.1 Å². The highest BCUT2D eigenvalue weighted by Gasteiger charge is 2.15. The largest absolute Gasteiger partial charge is 0.454 e. The summed E-state index contributed by atoms with van der Waals surface area (Å²) in [4.78, 5) is 24.8. The Hall–Kier alpha value is -4.28. The number of benzene rings is 3. The van der Waals surface area contributed by atoms with E-state index in [-0.39, 0.29) is 24.7 Å². The number of halogens is 1. The van der Waals surface area contributed by atoms with Crippen LogP contribution >= 0.6 is 11.6 Å². The molecule has 0 fully saturated rings. The number of carbonyl (C=O) groups excluding carboxylic acids is 2. The molecular formula is C25H17ClN2O5. The van der Waals surface area contributed by atoms with Crippen molar-refractivity contribution in [1.82, 2.24) is 5.32 Å². The van der Waals surface area contributed by atoms with Gasteiger partial charge in [0, 0.05) is 11.6 Å². The van der Waals surface area contributed by atoms with Crippen molar-refractivity contribution in [1.29, 1.82) is 5.26 Å². The van der Waals surface area contributed by atoms with Crippen molar-refractivity contribution in [3.8, 4) is 23.3 Å². The molecule has 8 heteroatoms. The second-order valence-electron chi connectivity index (χ2n) is 7.01. The average Bonchev–Trinajstić information content (AvgIpc) is 3.29. The molecule has 1 aliphatic heterocycles. The van der Waals surface area contributed by atoms with Crippen molar-refractivity contribution in [2.24, 2.45) is 0 Å². The number of nitrogens with one attached hydrogen (secondary N) is 1. The van der Waals surface area contributed by atoms with Gasteiger partial charge >= 0.3 is 5.97 Å². The number of rotatable bonds is 6. The SMILES string of the molecule is N#C/C(=C/c1cccc(OC(=O)c2ccc(Cl)cc2)c1)C(=O)NCc1ccc2c(c1)OCO2. The van der Waals surface area contributed by atoms with E-state index < -0.39 is 11.9 Å². The second kappa shape index (κ2) is 9.90. The van der Waals surface area contributed by atoms with Gasteiger partial charge in [-0.1, -0.05) is 29.8 Å². The summed E-state index contributed by atoms with van der Waals surface area (Å²) >= 11 is 5.84. The Balaban J connectivity index is 1.42. The number of nitriles is 1. The zero-order valence-corrected chi connectivity index (χ0v) is 18.0. The summed E-state index contributed by atoms with van der Waals surface area (Å²) in [6, 6.07) is 20.1. The van der Waals surface area contributed by atoms with Gasteiger partial charge in [0.2, 0.25) is 6.79 Å². The van der Waals surface area contributed by atoms with Gasteiger partial charge in [0.1, 0.15) is 17.4 Å². The van der Waals surface area contributed by atoms with Crippen LogP contribution in [0, 0.1) is 11.3 Å². The number of hydrogen-bond acceptors (Lipinski definition) is 6. The van der Waals surface area contributed by atoms with E-state index in [2.05, 4.69) is 5.32 Å². The Bertz CT molecular complexity index is 1280. The van der Waals surface area contributed by atoms with Gasteiger partial charge in [-0.25, -0.2) is 4.79 Å². The highest BCUT2D eigenvalue weighted by molar-refractivity contribution is 6.30. The number of fused-ring (bicyclic) bond motifs is 1. The maximum absolute atomic E-state index is 12.5. The molecule has 0 saturated heterocycles. The van der Waals surface area contributed by atoms with Crippen molar-refractivity contribution >= 4 is 29.6 Å². The molecule has 3 aromatic carbocycles. The molecule has 1 heterocycles. The molecule has 1 aliphatic rings. The molecule has 3 aromatic rings. The molecule has 164 valence electrons. The minimum atomic E-state index is -0.547. The fourth-order valence-electron chi connectivity index (χ4n) is 3.06. The summed E-state index contributed by atoms with van der Waals surface area (Å²) in [7, 11) is 0. The highest BCUT2D eigenvalue weighted by Crippen LogP contribution is 2.32. The van der Waals surface area contributed by atoms with Gasteiger partial charge in [-0.2, -0.15) is 5.26 Å². The first-order chi connectivity index (χ1) is 16.0. The number of carbonyl (C=O) groups is 2. The normalized spacial score (nSPS) is 12.1. The predicted molar refractivity (Wildman–Crippen MR) is 121 cm³/mol. The van der Waals surface area contributed by atoms with Crippen LogP contribution < -0.4 is 19.5 Å². The second-order valence-corrected chi connectivity index (χ2v) is 7.45. The quantitative estimate of drug-likeness (QED) is 0.251. The van der Waals surface area contributed by atoms with Crippen LogP contribution in [0.25, 0.3) is 6.08 Å².